The number of rotatable bonds is 4. The molecular weight excluding hydrogens is 522 g/mol. The Labute approximate surface area is 239 Å². The number of nitrogens with zero attached hydrogens (tertiary/aromatic N) is 3. The monoisotopic (exact) mass is 557 g/mol. The van der Waals surface area contributed by atoms with E-state index in [0.29, 0.717) is 13.1 Å². The molecule has 0 aliphatic carbocycles. The number of aliphatic hydroxyl groups is 1. The summed E-state index contributed by atoms with van der Waals surface area (Å²) in [6.45, 7) is 6.50. The topological polar surface area (TPSA) is 81.2 Å². The van der Waals surface area contributed by atoms with Crippen molar-refractivity contribution in [2.24, 2.45) is 11.8 Å². The molecule has 1 N–H and O–H groups in total. The zero-order valence-corrected chi connectivity index (χ0v) is 24.1. The van der Waals surface area contributed by atoms with Gasteiger partial charge < -0.3 is 19.8 Å². The largest absolute Gasteiger partial charge is 0.394 e. The molecule has 4 heterocycles. The number of amides is 3. The van der Waals surface area contributed by atoms with E-state index in [4.69, 9.17) is 0 Å². The van der Waals surface area contributed by atoms with Crippen LogP contribution in [0.5, 0.6) is 0 Å². The Balaban J connectivity index is 1.57. The quantitative estimate of drug-likeness (QED) is 0.581. The molecule has 1 unspecified atom stereocenters. The average molecular weight is 558 g/mol. The second kappa shape index (κ2) is 9.63. The minimum atomic E-state index is -0.973. The number of benzene rings is 2. The maximum Gasteiger partial charge on any atom is 0.251 e. The van der Waals surface area contributed by atoms with E-state index in [1.54, 1.807) is 33.5 Å². The second-order valence-electron chi connectivity index (χ2n) is 11.6. The van der Waals surface area contributed by atoms with Crippen molar-refractivity contribution in [2.75, 3.05) is 31.6 Å². The van der Waals surface area contributed by atoms with Crippen LogP contribution in [0, 0.1) is 25.7 Å². The molecule has 208 valence electrons. The standard InChI is InChI=1S/C32H35N3O4S/c1-20-11-8-12-21(2)26(20)34-18-10-16-32-25(24-28(37)33(4)17-9-15-31(24,3)40-32)29(38)35(27(32)30(34)39)23(19-36)22-13-6-5-7-14-22/h5-16,23-25,27,36H,17-19H2,1-4H3/t23-,24-,25+,27?,31+,32+/m1/s1. The first-order valence-electron chi connectivity index (χ1n) is 13.8. The number of aliphatic hydroxyl groups excluding tert-OH is 1. The van der Waals surface area contributed by atoms with Gasteiger partial charge in [0.2, 0.25) is 11.8 Å². The highest BCUT2D eigenvalue weighted by molar-refractivity contribution is 8.02. The summed E-state index contributed by atoms with van der Waals surface area (Å²) >= 11 is 1.56. The van der Waals surface area contributed by atoms with Gasteiger partial charge in [-0.2, -0.15) is 0 Å². The summed E-state index contributed by atoms with van der Waals surface area (Å²) in [5, 5.41) is 10.7. The molecule has 6 atom stereocenters. The fourth-order valence-electron chi connectivity index (χ4n) is 7.38. The Hall–Kier alpha value is -3.36. The third-order valence-corrected chi connectivity index (χ3v) is 10.9. The molecule has 4 aliphatic heterocycles. The molecule has 0 radical (unpaired) electrons. The number of fused-ring (bicyclic) bond motifs is 2. The summed E-state index contributed by atoms with van der Waals surface area (Å²) in [6, 6.07) is 13.7. The average Bonchev–Trinajstić information content (AvgIpc) is 3.21. The van der Waals surface area contributed by atoms with Gasteiger partial charge in [0.1, 0.15) is 6.04 Å². The Kier molecular flexibility index (Phi) is 6.46. The van der Waals surface area contributed by atoms with Crippen molar-refractivity contribution in [3.63, 3.8) is 0 Å². The first-order valence-corrected chi connectivity index (χ1v) is 14.6. The van der Waals surface area contributed by atoms with Crippen LogP contribution >= 0.6 is 11.8 Å². The molecule has 1 spiro atoms. The number of carbonyl (C=O) groups is 3. The summed E-state index contributed by atoms with van der Waals surface area (Å²) in [5.41, 5.74) is 3.54. The van der Waals surface area contributed by atoms with E-state index < -0.39 is 33.4 Å². The Morgan fingerprint density at radius 3 is 2.25 bits per heavy atom. The van der Waals surface area contributed by atoms with Gasteiger partial charge >= 0.3 is 0 Å². The summed E-state index contributed by atoms with van der Waals surface area (Å²) in [6.07, 6.45) is 8.06. The molecule has 2 aromatic rings. The van der Waals surface area contributed by atoms with E-state index in [2.05, 4.69) is 6.08 Å². The normalized spacial score (nSPS) is 32.1. The number of anilines is 1. The SMILES string of the molecule is Cc1cccc(C)c1N1CC=C[C@]23S[C@@]4(C)C=CCN(C)C(=O)[C@H]4[C@H]2C(=O)N([C@H](CO)c2ccccc2)C3C1=O. The molecule has 0 bridgehead atoms. The number of carbonyl (C=O) groups excluding carboxylic acids is 3. The van der Waals surface area contributed by atoms with Crippen LogP contribution in [0.4, 0.5) is 5.69 Å². The first kappa shape index (κ1) is 26.8. The van der Waals surface area contributed by atoms with Crippen LogP contribution in [0.15, 0.2) is 72.8 Å². The van der Waals surface area contributed by atoms with Gasteiger partial charge in [0.15, 0.2) is 0 Å². The Morgan fingerprint density at radius 1 is 0.900 bits per heavy atom. The highest BCUT2D eigenvalue weighted by Gasteiger charge is 2.74. The van der Waals surface area contributed by atoms with E-state index in [1.807, 2.05) is 87.5 Å². The molecule has 2 aromatic carbocycles. The number of hydrogen-bond donors (Lipinski definition) is 1. The predicted molar refractivity (Wildman–Crippen MR) is 157 cm³/mol. The van der Waals surface area contributed by atoms with E-state index in [0.717, 1.165) is 22.4 Å². The number of para-hydroxylation sites is 1. The summed E-state index contributed by atoms with van der Waals surface area (Å²) in [4.78, 5) is 48.5. The summed E-state index contributed by atoms with van der Waals surface area (Å²) in [7, 11) is 1.76. The van der Waals surface area contributed by atoms with Gasteiger partial charge in [-0.15, -0.1) is 11.8 Å². The fourth-order valence-corrected chi connectivity index (χ4v) is 9.52. The lowest BCUT2D eigenvalue weighted by molar-refractivity contribution is -0.145. The number of thioether (sulfide) groups is 1. The highest BCUT2D eigenvalue weighted by atomic mass is 32.2. The number of hydrogen-bond acceptors (Lipinski definition) is 5. The van der Waals surface area contributed by atoms with Crippen molar-refractivity contribution < 1.29 is 19.5 Å². The number of aryl methyl sites for hydroxylation is 2. The number of likely N-dealkylation sites (tertiary alicyclic amines) is 1. The van der Waals surface area contributed by atoms with Crippen molar-refractivity contribution in [3.8, 4) is 0 Å². The molecular formula is C32H35N3O4S. The maximum atomic E-state index is 14.9. The van der Waals surface area contributed by atoms with E-state index in [9.17, 15) is 19.5 Å². The summed E-state index contributed by atoms with van der Waals surface area (Å²) in [5.74, 6) is -1.92. The van der Waals surface area contributed by atoms with Crippen molar-refractivity contribution in [2.45, 2.75) is 42.3 Å². The van der Waals surface area contributed by atoms with Gasteiger partial charge in [0, 0.05) is 30.6 Å². The first-order chi connectivity index (χ1) is 19.1. The lowest BCUT2D eigenvalue weighted by Crippen LogP contribution is -2.55. The predicted octanol–water partition coefficient (Wildman–Crippen LogP) is 3.66. The van der Waals surface area contributed by atoms with Crippen LogP contribution in [0.3, 0.4) is 0 Å². The van der Waals surface area contributed by atoms with Crippen molar-refractivity contribution in [1.29, 1.82) is 0 Å². The minimum Gasteiger partial charge on any atom is -0.394 e. The van der Waals surface area contributed by atoms with Gasteiger partial charge in [-0.25, -0.2) is 0 Å². The maximum absolute atomic E-state index is 14.9. The van der Waals surface area contributed by atoms with Gasteiger partial charge in [-0.05, 0) is 37.5 Å². The van der Waals surface area contributed by atoms with Crippen LogP contribution in [0.1, 0.15) is 29.7 Å². The van der Waals surface area contributed by atoms with Crippen molar-refractivity contribution in [1.82, 2.24) is 9.80 Å². The van der Waals surface area contributed by atoms with Crippen LogP contribution in [0.2, 0.25) is 0 Å². The van der Waals surface area contributed by atoms with Crippen LogP contribution in [0.25, 0.3) is 0 Å². The van der Waals surface area contributed by atoms with Crippen LogP contribution in [-0.2, 0) is 14.4 Å². The molecule has 6 rings (SSSR count). The Morgan fingerprint density at radius 2 is 1.57 bits per heavy atom. The van der Waals surface area contributed by atoms with Gasteiger partial charge in [-0.1, -0.05) is 72.8 Å². The molecule has 2 saturated heterocycles. The molecule has 7 nitrogen and oxygen atoms in total. The van der Waals surface area contributed by atoms with Gasteiger partial charge in [0.25, 0.3) is 5.91 Å². The van der Waals surface area contributed by atoms with Crippen LogP contribution in [-0.4, -0.2) is 74.9 Å². The number of likely N-dealkylation sites (N-methyl/N-ethyl adjacent to an activating group) is 1. The smallest absolute Gasteiger partial charge is 0.251 e. The summed E-state index contributed by atoms with van der Waals surface area (Å²) < 4.78 is -1.63. The van der Waals surface area contributed by atoms with Gasteiger partial charge in [-0.3, -0.25) is 14.4 Å². The Bertz CT molecular complexity index is 1420. The molecule has 2 fully saturated rings. The molecule has 0 aromatic heterocycles. The fraction of sp³-hybridized carbons (Fsp3) is 0.406. The molecule has 3 amide bonds. The second-order valence-corrected chi connectivity index (χ2v) is 13.4. The van der Waals surface area contributed by atoms with Crippen molar-refractivity contribution in [3.05, 3.63) is 89.5 Å². The van der Waals surface area contributed by atoms with E-state index >= 15 is 0 Å². The minimum absolute atomic E-state index is 0.0900. The van der Waals surface area contributed by atoms with Crippen molar-refractivity contribution >= 4 is 35.2 Å². The van der Waals surface area contributed by atoms with Crippen LogP contribution < -0.4 is 4.90 Å². The molecule has 8 heteroatoms. The zero-order chi connectivity index (χ0) is 28.4. The molecule has 4 aliphatic rings. The third-order valence-electron chi connectivity index (χ3n) is 9.10. The lowest BCUT2D eigenvalue weighted by Gasteiger charge is -2.40. The highest BCUT2D eigenvalue weighted by Crippen LogP contribution is 2.66. The van der Waals surface area contributed by atoms with Gasteiger partial charge in [0.05, 0.1) is 29.2 Å². The molecule has 40 heavy (non-hydrogen) atoms. The zero-order valence-electron chi connectivity index (χ0n) is 23.3. The van der Waals surface area contributed by atoms with E-state index in [1.165, 1.54) is 0 Å². The lowest BCUT2D eigenvalue weighted by atomic mass is 9.74. The van der Waals surface area contributed by atoms with E-state index in [-0.39, 0.29) is 24.3 Å². The molecule has 0 saturated carbocycles. The third kappa shape index (κ3) is 3.72.